The summed E-state index contributed by atoms with van der Waals surface area (Å²) in [5.41, 5.74) is 2.03. The lowest BCUT2D eigenvalue weighted by Crippen LogP contribution is -2.36. The summed E-state index contributed by atoms with van der Waals surface area (Å²) in [5, 5.41) is 10.4. The predicted octanol–water partition coefficient (Wildman–Crippen LogP) is 4.04. The summed E-state index contributed by atoms with van der Waals surface area (Å²) in [4.78, 5) is 25.4. The minimum absolute atomic E-state index is 0.0848. The number of hydrogen-bond acceptors (Lipinski definition) is 5. The van der Waals surface area contributed by atoms with E-state index < -0.39 is 17.8 Å². The highest BCUT2D eigenvalue weighted by Crippen LogP contribution is 2.20. The molecule has 0 radical (unpaired) electrons. The van der Waals surface area contributed by atoms with Gasteiger partial charge in [-0.25, -0.2) is 4.79 Å². The fourth-order valence-corrected chi connectivity index (χ4v) is 2.58. The zero-order valence-corrected chi connectivity index (χ0v) is 17.6. The molecule has 29 heavy (non-hydrogen) atoms. The number of benzene rings is 2. The van der Waals surface area contributed by atoms with Crippen LogP contribution in [0, 0.1) is 6.92 Å². The van der Waals surface area contributed by atoms with E-state index in [0.29, 0.717) is 11.3 Å². The van der Waals surface area contributed by atoms with Crippen molar-refractivity contribution in [2.45, 2.75) is 45.8 Å². The maximum atomic E-state index is 12.1. The standard InChI is InChI=1S/C23H29NO5/c1-16-6-8-17(9-7-16)14-21(26)28-19-12-10-18(11-13-19)20(25)15-24(5)22(27)29-23(2,3)4/h6-13,20,25H,14-15H2,1-5H3. The van der Waals surface area contributed by atoms with Crippen LogP contribution in [0.5, 0.6) is 5.75 Å². The van der Waals surface area contributed by atoms with Crippen molar-refractivity contribution >= 4 is 12.1 Å². The molecule has 6 nitrogen and oxygen atoms in total. The molecule has 0 bridgehead atoms. The second-order valence-electron chi connectivity index (χ2n) is 8.08. The molecule has 6 heteroatoms. The fraction of sp³-hybridized carbons (Fsp3) is 0.391. The number of ether oxygens (including phenoxy) is 2. The average molecular weight is 399 g/mol. The molecule has 1 unspecified atom stereocenters. The van der Waals surface area contributed by atoms with Gasteiger partial charge in [0, 0.05) is 7.05 Å². The van der Waals surface area contributed by atoms with Gasteiger partial charge in [-0.2, -0.15) is 0 Å². The predicted molar refractivity (Wildman–Crippen MR) is 111 cm³/mol. The van der Waals surface area contributed by atoms with Gasteiger partial charge in [0.2, 0.25) is 0 Å². The Labute approximate surface area is 172 Å². The maximum absolute atomic E-state index is 12.1. The van der Waals surface area contributed by atoms with Crippen molar-refractivity contribution in [1.29, 1.82) is 0 Å². The molecule has 0 aromatic heterocycles. The fourth-order valence-electron chi connectivity index (χ4n) is 2.58. The number of aryl methyl sites for hydroxylation is 1. The summed E-state index contributed by atoms with van der Waals surface area (Å²) in [6, 6.07) is 14.3. The van der Waals surface area contributed by atoms with Crippen molar-refractivity contribution in [2.24, 2.45) is 0 Å². The first kappa shape index (κ1) is 22.4. The van der Waals surface area contributed by atoms with Gasteiger partial charge in [-0.3, -0.25) is 4.79 Å². The molecule has 2 rings (SSSR count). The van der Waals surface area contributed by atoms with Gasteiger partial charge >= 0.3 is 12.1 Å². The third-order valence-electron chi connectivity index (χ3n) is 4.12. The Morgan fingerprint density at radius 3 is 2.17 bits per heavy atom. The molecule has 0 aliphatic heterocycles. The number of rotatable bonds is 6. The Morgan fingerprint density at radius 2 is 1.62 bits per heavy atom. The summed E-state index contributed by atoms with van der Waals surface area (Å²) < 4.78 is 10.6. The third-order valence-corrected chi connectivity index (χ3v) is 4.12. The number of nitrogens with zero attached hydrogens (tertiary/aromatic N) is 1. The van der Waals surface area contributed by atoms with Gasteiger partial charge in [-0.15, -0.1) is 0 Å². The Kier molecular flexibility index (Phi) is 7.40. The summed E-state index contributed by atoms with van der Waals surface area (Å²) >= 11 is 0. The number of carbonyl (C=O) groups excluding carboxylic acids is 2. The molecule has 156 valence electrons. The molecule has 0 saturated carbocycles. The maximum Gasteiger partial charge on any atom is 0.410 e. The van der Waals surface area contributed by atoms with E-state index >= 15 is 0 Å². The molecule has 0 heterocycles. The Bertz CT molecular complexity index is 822. The van der Waals surface area contributed by atoms with E-state index in [4.69, 9.17) is 9.47 Å². The van der Waals surface area contributed by atoms with Crippen LogP contribution >= 0.6 is 0 Å². The summed E-state index contributed by atoms with van der Waals surface area (Å²) in [6.45, 7) is 7.43. The first-order valence-corrected chi connectivity index (χ1v) is 9.52. The lowest BCUT2D eigenvalue weighted by atomic mass is 10.1. The lowest BCUT2D eigenvalue weighted by molar-refractivity contribution is -0.133. The minimum Gasteiger partial charge on any atom is -0.444 e. The number of hydrogen-bond donors (Lipinski definition) is 1. The molecule has 1 amide bonds. The van der Waals surface area contributed by atoms with Crippen LogP contribution < -0.4 is 4.74 Å². The molecule has 1 N–H and O–H groups in total. The van der Waals surface area contributed by atoms with Crippen LogP contribution in [0.3, 0.4) is 0 Å². The molecule has 0 spiro atoms. The number of likely N-dealkylation sites (N-methyl/N-ethyl adjacent to an activating group) is 1. The van der Waals surface area contributed by atoms with Crippen LogP contribution in [0.1, 0.15) is 43.6 Å². The van der Waals surface area contributed by atoms with E-state index in [1.807, 2.05) is 31.2 Å². The zero-order valence-electron chi connectivity index (χ0n) is 17.6. The Morgan fingerprint density at radius 1 is 1.03 bits per heavy atom. The quantitative estimate of drug-likeness (QED) is 0.586. The van der Waals surface area contributed by atoms with E-state index in [1.54, 1.807) is 52.1 Å². The molecule has 1 atom stereocenters. The highest BCUT2D eigenvalue weighted by molar-refractivity contribution is 5.75. The molecular formula is C23H29NO5. The topological polar surface area (TPSA) is 76.1 Å². The van der Waals surface area contributed by atoms with Crippen molar-refractivity contribution < 1.29 is 24.2 Å². The van der Waals surface area contributed by atoms with E-state index in [2.05, 4.69) is 0 Å². The molecule has 0 aliphatic rings. The molecule has 0 saturated heterocycles. The normalized spacial score (nSPS) is 12.2. The van der Waals surface area contributed by atoms with Gasteiger partial charge in [0.05, 0.1) is 19.1 Å². The van der Waals surface area contributed by atoms with Crippen molar-refractivity contribution in [2.75, 3.05) is 13.6 Å². The number of carbonyl (C=O) groups is 2. The van der Waals surface area contributed by atoms with E-state index in [-0.39, 0.29) is 18.9 Å². The Balaban J connectivity index is 1.89. The van der Waals surface area contributed by atoms with E-state index in [1.165, 1.54) is 4.90 Å². The number of aliphatic hydroxyl groups is 1. The van der Waals surface area contributed by atoms with Crippen molar-refractivity contribution in [3.63, 3.8) is 0 Å². The molecule has 0 fully saturated rings. The van der Waals surface area contributed by atoms with Gasteiger partial charge in [0.15, 0.2) is 0 Å². The molecular weight excluding hydrogens is 370 g/mol. The first-order chi connectivity index (χ1) is 13.5. The molecule has 2 aromatic rings. The minimum atomic E-state index is -0.884. The van der Waals surface area contributed by atoms with E-state index in [9.17, 15) is 14.7 Å². The first-order valence-electron chi connectivity index (χ1n) is 9.52. The highest BCUT2D eigenvalue weighted by Gasteiger charge is 2.22. The summed E-state index contributed by atoms with van der Waals surface area (Å²) in [5.74, 6) is 0.0466. The summed E-state index contributed by atoms with van der Waals surface area (Å²) in [6.07, 6.45) is -1.20. The van der Waals surface area contributed by atoms with Crippen LogP contribution in [0.2, 0.25) is 0 Å². The summed E-state index contributed by atoms with van der Waals surface area (Å²) in [7, 11) is 1.57. The molecule has 0 aliphatic carbocycles. The SMILES string of the molecule is Cc1ccc(CC(=O)Oc2ccc(C(O)CN(C)C(=O)OC(C)(C)C)cc2)cc1. The van der Waals surface area contributed by atoms with Gasteiger partial charge < -0.3 is 19.5 Å². The van der Waals surface area contributed by atoms with Crippen molar-refractivity contribution in [3.8, 4) is 5.75 Å². The van der Waals surface area contributed by atoms with Gasteiger partial charge in [0.1, 0.15) is 11.4 Å². The Hall–Kier alpha value is -2.86. The largest absolute Gasteiger partial charge is 0.444 e. The van der Waals surface area contributed by atoms with Crippen molar-refractivity contribution in [3.05, 3.63) is 65.2 Å². The van der Waals surface area contributed by atoms with Gasteiger partial charge in [0.25, 0.3) is 0 Å². The number of esters is 1. The average Bonchev–Trinajstić information content (AvgIpc) is 2.62. The monoisotopic (exact) mass is 399 g/mol. The van der Waals surface area contributed by atoms with Crippen LogP contribution in [0.25, 0.3) is 0 Å². The number of amides is 1. The number of aliphatic hydroxyl groups excluding tert-OH is 1. The van der Waals surface area contributed by atoms with Crippen LogP contribution in [-0.2, 0) is 16.0 Å². The zero-order chi connectivity index (χ0) is 21.6. The smallest absolute Gasteiger partial charge is 0.410 e. The lowest BCUT2D eigenvalue weighted by Gasteiger charge is -2.26. The van der Waals surface area contributed by atoms with Gasteiger partial charge in [-0.1, -0.05) is 42.0 Å². The van der Waals surface area contributed by atoms with Crippen LogP contribution in [-0.4, -0.2) is 41.3 Å². The van der Waals surface area contributed by atoms with Crippen LogP contribution in [0.4, 0.5) is 4.79 Å². The molecule has 2 aromatic carbocycles. The second kappa shape index (κ2) is 9.56. The second-order valence-corrected chi connectivity index (χ2v) is 8.08. The van der Waals surface area contributed by atoms with Gasteiger partial charge in [-0.05, 0) is 51.0 Å². The van der Waals surface area contributed by atoms with Crippen LogP contribution in [0.15, 0.2) is 48.5 Å². The third kappa shape index (κ3) is 7.58. The van der Waals surface area contributed by atoms with Crippen molar-refractivity contribution in [1.82, 2.24) is 4.90 Å². The van der Waals surface area contributed by atoms with E-state index in [0.717, 1.165) is 11.1 Å². The highest BCUT2D eigenvalue weighted by atomic mass is 16.6.